The number of ether oxygens (including phenoxy) is 2. The molecule has 0 fully saturated rings. The van der Waals surface area contributed by atoms with Crippen molar-refractivity contribution < 1.29 is 41.4 Å². The van der Waals surface area contributed by atoms with Crippen LogP contribution in [0.3, 0.4) is 0 Å². The fourth-order valence-electron chi connectivity index (χ4n) is 4.63. The largest absolute Gasteiger partial charge is 0.465 e. The lowest BCUT2D eigenvalue weighted by molar-refractivity contribution is -0.153. The lowest BCUT2D eigenvalue weighted by atomic mass is 9.78. The van der Waals surface area contributed by atoms with Gasteiger partial charge in [0.05, 0.1) is 36.8 Å². The van der Waals surface area contributed by atoms with Crippen LogP contribution < -0.4 is 4.90 Å². The number of carbonyl (C=O) groups is 3. The number of fused-ring (bicyclic) bond motifs is 1. The van der Waals surface area contributed by atoms with E-state index in [2.05, 4.69) is 4.85 Å². The number of allylic oxidation sites excluding steroid dienone is 1. The van der Waals surface area contributed by atoms with E-state index >= 15 is 0 Å². The second kappa shape index (κ2) is 10.6. The smallest absolute Gasteiger partial charge is 0.416 e. The Morgan fingerprint density at radius 3 is 2.44 bits per heavy atom. The fraction of sp³-hybridized carbons (Fsp3) is 0.286. The van der Waals surface area contributed by atoms with Crippen molar-refractivity contribution in [2.24, 2.45) is 5.92 Å². The zero-order valence-electron chi connectivity index (χ0n) is 21.2. The highest BCUT2D eigenvalue weighted by Crippen LogP contribution is 2.45. The zero-order chi connectivity index (χ0) is 28.5. The highest BCUT2D eigenvalue weighted by Gasteiger charge is 2.51. The summed E-state index contributed by atoms with van der Waals surface area (Å²) in [6.45, 7) is 11.6. The van der Waals surface area contributed by atoms with Crippen molar-refractivity contribution in [2.75, 3.05) is 18.1 Å². The van der Waals surface area contributed by atoms with Crippen molar-refractivity contribution in [1.82, 2.24) is 0 Å². The lowest BCUT2D eigenvalue weighted by Crippen LogP contribution is -2.48. The topological polar surface area (TPSA) is 90.4 Å². The molecule has 39 heavy (non-hydrogen) atoms. The Morgan fingerprint density at radius 1 is 1.08 bits per heavy atom. The minimum absolute atomic E-state index is 0.0226. The molecule has 4 rings (SSSR count). The van der Waals surface area contributed by atoms with Gasteiger partial charge in [0.25, 0.3) is 0 Å². The van der Waals surface area contributed by atoms with Gasteiger partial charge in [-0.1, -0.05) is 12.1 Å². The first-order valence-electron chi connectivity index (χ1n) is 12.0. The third-order valence-corrected chi connectivity index (χ3v) is 6.28. The van der Waals surface area contributed by atoms with E-state index in [0.29, 0.717) is 16.7 Å². The number of alkyl halides is 3. The molecule has 2 unspecified atom stereocenters. The first-order valence-corrected chi connectivity index (χ1v) is 12.0. The number of carbonyl (C=O) groups excluding carboxylic acids is 3. The number of nitrogens with zero attached hydrogens (tertiary/aromatic N) is 2. The molecule has 3 aromatic rings. The van der Waals surface area contributed by atoms with Crippen molar-refractivity contribution in [3.63, 3.8) is 0 Å². The Kier molecular flexibility index (Phi) is 7.49. The van der Waals surface area contributed by atoms with Crippen molar-refractivity contribution in [2.45, 2.75) is 32.9 Å². The Labute approximate surface area is 221 Å². The van der Waals surface area contributed by atoms with Gasteiger partial charge in [0.15, 0.2) is 11.6 Å². The van der Waals surface area contributed by atoms with Crippen LogP contribution in [0.25, 0.3) is 15.8 Å². The summed E-state index contributed by atoms with van der Waals surface area (Å²) in [5, 5.41) is 0.495. The molecule has 1 aliphatic rings. The predicted molar refractivity (Wildman–Crippen MR) is 134 cm³/mol. The van der Waals surface area contributed by atoms with E-state index in [1.54, 1.807) is 19.1 Å². The van der Waals surface area contributed by atoms with Gasteiger partial charge in [-0.15, -0.1) is 0 Å². The molecule has 1 aromatic heterocycles. The van der Waals surface area contributed by atoms with Gasteiger partial charge < -0.3 is 13.9 Å². The third kappa shape index (κ3) is 5.10. The van der Waals surface area contributed by atoms with Gasteiger partial charge in [0.1, 0.15) is 11.3 Å². The van der Waals surface area contributed by atoms with Crippen LogP contribution in [0.4, 0.5) is 24.5 Å². The zero-order valence-corrected chi connectivity index (χ0v) is 21.2. The normalized spacial score (nSPS) is 17.8. The van der Waals surface area contributed by atoms with E-state index in [-0.39, 0.29) is 35.9 Å². The Balaban J connectivity index is 1.99. The summed E-state index contributed by atoms with van der Waals surface area (Å²) in [5.41, 5.74) is -0.700. The number of anilines is 1. The van der Waals surface area contributed by atoms with Crippen molar-refractivity contribution >= 4 is 40.2 Å². The van der Waals surface area contributed by atoms with Gasteiger partial charge >= 0.3 is 18.1 Å². The SMILES string of the molecule is [C-]#[N+]c1ccc2oc(C3C(C(=O)OCC)=C(C)N(c4cccc(C(F)(F)F)c4)C(=O)C3C(=O)OCC)cc2c1. The summed E-state index contributed by atoms with van der Waals surface area (Å²) in [7, 11) is 0. The average molecular weight is 540 g/mol. The second-order valence-electron chi connectivity index (χ2n) is 8.63. The minimum Gasteiger partial charge on any atom is -0.465 e. The average Bonchev–Trinajstić information content (AvgIpc) is 3.31. The van der Waals surface area contributed by atoms with Crippen LogP contribution in [-0.2, 0) is 30.0 Å². The van der Waals surface area contributed by atoms with Gasteiger partial charge in [0, 0.05) is 16.8 Å². The predicted octanol–water partition coefficient (Wildman–Crippen LogP) is 6.15. The summed E-state index contributed by atoms with van der Waals surface area (Å²) in [4.78, 5) is 44.7. The number of hydrogen-bond acceptors (Lipinski definition) is 6. The monoisotopic (exact) mass is 540 g/mol. The lowest BCUT2D eigenvalue weighted by Gasteiger charge is -2.37. The van der Waals surface area contributed by atoms with Gasteiger partial charge in [-0.3, -0.25) is 14.5 Å². The van der Waals surface area contributed by atoms with Crippen LogP contribution in [0.5, 0.6) is 0 Å². The minimum atomic E-state index is -4.70. The molecule has 0 saturated carbocycles. The summed E-state index contributed by atoms with van der Waals surface area (Å²) in [5.74, 6) is -5.68. The van der Waals surface area contributed by atoms with Crippen molar-refractivity contribution in [3.8, 4) is 0 Å². The highest BCUT2D eigenvalue weighted by atomic mass is 19.4. The van der Waals surface area contributed by atoms with E-state index in [4.69, 9.17) is 20.5 Å². The molecule has 0 N–H and O–H groups in total. The summed E-state index contributed by atoms with van der Waals surface area (Å²) in [6, 6.07) is 10.2. The molecule has 8 nitrogen and oxygen atoms in total. The molecule has 2 aromatic carbocycles. The summed E-state index contributed by atoms with van der Waals surface area (Å²) < 4.78 is 56.8. The number of esters is 2. The van der Waals surface area contributed by atoms with Gasteiger partial charge in [-0.25, -0.2) is 9.64 Å². The van der Waals surface area contributed by atoms with E-state index in [1.165, 1.54) is 32.0 Å². The number of furan rings is 1. The van der Waals surface area contributed by atoms with E-state index < -0.39 is 41.4 Å². The molecule has 2 atom stereocenters. The molecule has 1 aliphatic heterocycles. The number of rotatable bonds is 6. The maximum Gasteiger partial charge on any atom is 0.416 e. The summed E-state index contributed by atoms with van der Waals surface area (Å²) in [6.07, 6.45) is -4.70. The molecule has 11 heteroatoms. The molecular formula is C28H23F3N2O6. The van der Waals surface area contributed by atoms with E-state index in [0.717, 1.165) is 23.1 Å². The molecular weight excluding hydrogens is 517 g/mol. The van der Waals surface area contributed by atoms with E-state index in [1.807, 2.05) is 0 Å². The van der Waals surface area contributed by atoms with Crippen LogP contribution in [-0.4, -0.2) is 31.1 Å². The molecule has 2 heterocycles. The molecule has 202 valence electrons. The Bertz CT molecular complexity index is 1530. The first-order chi connectivity index (χ1) is 18.5. The number of amides is 1. The molecule has 0 saturated heterocycles. The Morgan fingerprint density at radius 2 is 1.79 bits per heavy atom. The van der Waals surface area contributed by atoms with Crippen LogP contribution in [0.15, 0.2) is 64.2 Å². The Hall–Kier alpha value is -4.59. The second-order valence-corrected chi connectivity index (χ2v) is 8.63. The van der Waals surface area contributed by atoms with Crippen LogP contribution in [0.2, 0.25) is 0 Å². The number of hydrogen-bond donors (Lipinski definition) is 0. The van der Waals surface area contributed by atoms with Crippen LogP contribution >= 0.6 is 0 Å². The third-order valence-electron chi connectivity index (χ3n) is 6.28. The van der Waals surface area contributed by atoms with Gasteiger partial charge in [0.2, 0.25) is 5.91 Å². The van der Waals surface area contributed by atoms with Crippen LogP contribution in [0.1, 0.15) is 38.0 Å². The fourth-order valence-corrected chi connectivity index (χ4v) is 4.63. The number of halogens is 3. The van der Waals surface area contributed by atoms with Gasteiger partial charge in [-0.2, -0.15) is 13.2 Å². The summed E-state index contributed by atoms with van der Waals surface area (Å²) >= 11 is 0. The molecule has 1 amide bonds. The highest BCUT2D eigenvalue weighted by molar-refractivity contribution is 6.13. The molecule has 0 radical (unpaired) electrons. The quantitative estimate of drug-likeness (QED) is 0.212. The molecule has 0 aliphatic carbocycles. The van der Waals surface area contributed by atoms with Gasteiger partial charge in [-0.05, 0) is 57.2 Å². The standard InChI is InChI=1S/C28H23F3N2O6/c1-5-37-26(35)22-15(3)33(19-9-7-8-17(14-19)28(29,30)31)25(34)24(27(36)38-6-2)23(22)21-13-16-12-18(32-4)10-11-20(16)39-21/h7-14,23-24H,5-6H2,1-3H3. The molecule has 0 spiro atoms. The molecule has 0 bridgehead atoms. The maximum absolute atomic E-state index is 13.9. The first kappa shape index (κ1) is 27.4. The van der Waals surface area contributed by atoms with Crippen molar-refractivity contribution in [1.29, 1.82) is 0 Å². The maximum atomic E-state index is 13.9. The van der Waals surface area contributed by atoms with Crippen molar-refractivity contribution in [3.05, 3.63) is 82.5 Å². The van der Waals surface area contributed by atoms with E-state index in [9.17, 15) is 27.6 Å². The number of benzene rings is 2. The van der Waals surface area contributed by atoms with Crippen LogP contribution in [0, 0.1) is 12.5 Å².